The van der Waals surface area contributed by atoms with Crippen LogP contribution in [-0.4, -0.2) is 6.54 Å². The smallest absolute Gasteiger partial charge is 0.382 e. The number of aryl methyl sites for hydroxylation is 1. The molecule has 2 aromatic carbocycles. The SMILES string of the molecule is CCN1C(=CC=Cc2ccc3c4ccccc4oc3[n+]2CC)C=Cc2c1oc1ccccc21. The van der Waals surface area contributed by atoms with Gasteiger partial charge in [-0.1, -0.05) is 42.5 Å². The molecular weight excluding hydrogens is 408 g/mol. The summed E-state index contributed by atoms with van der Waals surface area (Å²) in [5.41, 5.74) is 6.11. The molecule has 0 N–H and O–H groups in total. The number of fused-ring (bicyclic) bond motifs is 6. The zero-order valence-corrected chi connectivity index (χ0v) is 18.8. The van der Waals surface area contributed by atoms with Gasteiger partial charge in [0.25, 0.3) is 0 Å². The Hall–Kier alpha value is -4.05. The largest absolute Gasteiger partial charge is 0.440 e. The van der Waals surface area contributed by atoms with E-state index in [9.17, 15) is 0 Å². The lowest BCUT2D eigenvalue weighted by Crippen LogP contribution is -2.36. The molecular formula is C29H25N2O2+. The van der Waals surface area contributed by atoms with Crippen LogP contribution in [0.2, 0.25) is 0 Å². The molecule has 1 aliphatic rings. The molecule has 33 heavy (non-hydrogen) atoms. The van der Waals surface area contributed by atoms with Crippen molar-refractivity contribution in [2.45, 2.75) is 20.4 Å². The van der Waals surface area contributed by atoms with Crippen molar-refractivity contribution in [3.8, 4) is 0 Å². The summed E-state index contributed by atoms with van der Waals surface area (Å²) in [5, 5.41) is 3.45. The molecule has 0 fully saturated rings. The standard InChI is InChI=1S/C29H25N2O2/c1-3-30-20(16-18-24-22-12-5-7-14-26(22)32-28(24)30)10-9-11-21-17-19-25-23-13-6-8-15-27(23)33-29(25)31(21)4-2/h5-19H,3-4H2,1-2H3/q+1. The second-order valence-corrected chi connectivity index (χ2v) is 8.16. The zero-order valence-electron chi connectivity index (χ0n) is 18.8. The summed E-state index contributed by atoms with van der Waals surface area (Å²) >= 11 is 0. The number of allylic oxidation sites excluding steroid dienone is 3. The van der Waals surface area contributed by atoms with Crippen molar-refractivity contribution in [2.75, 3.05) is 11.4 Å². The van der Waals surface area contributed by atoms with Crippen LogP contribution in [0.25, 0.3) is 45.2 Å². The van der Waals surface area contributed by atoms with Gasteiger partial charge in [0.05, 0.1) is 5.39 Å². The Kier molecular flexibility index (Phi) is 4.65. The van der Waals surface area contributed by atoms with Crippen molar-refractivity contribution in [3.05, 3.63) is 95.8 Å². The number of para-hydroxylation sites is 2. The van der Waals surface area contributed by atoms with Gasteiger partial charge in [-0.3, -0.25) is 0 Å². The van der Waals surface area contributed by atoms with Crippen LogP contribution in [0.4, 0.5) is 5.88 Å². The highest BCUT2D eigenvalue weighted by Gasteiger charge is 2.23. The van der Waals surface area contributed by atoms with Crippen molar-refractivity contribution >= 4 is 51.1 Å². The van der Waals surface area contributed by atoms with Crippen molar-refractivity contribution in [1.82, 2.24) is 0 Å². The van der Waals surface area contributed by atoms with Crippen LogP contribution in [0.5, 0.6) is 0 Å². The quantitative estimate of drug-likeness (QED) is 0.284. The van der Waals surface area contributed by atoms with Crippen LogP contribution >= 0.6 is 0 Å². The van der Waals surface area contributed by atoms with Crippen LogP contribution in [0.3, 0.4) is 0 Å². The third kappa shape index (κ3) is 3.10. The Bertz CT molecular complexity index is 1600. The second kappa shape index (κ2) is 7.82. The fourth-order valence-corrected chi connectivity index (χ4v) is 4.77. The molecule has 3 aromatic heterocycles. The summed E-state index contributed by atoms with van der Waals surface area (Å²) in [5.74, 6) is 0.910. The number of anilines is 1. The topological polar surface area (TPSA) is 33.4 Å². The third-order valence-corrected chi connectivity index (χ3v) is 6.35. The van der Waals surface area contributed by atoms with Gasteiger partial charge in [-0.2, -0.15) is 4.57 Å². The number of pyridine rings is 1. The molecule has 0 atom stereocenters. The van der Waals surface area contributed by atoms with Crippen LogP contribution < -0.4 is 9.47 Å². The van der Waals surface area contributed by atoms with E-state index in [1.165, 1.54) is 0 Å². The highest BCUT2D eigenvalue weighted by Crippen LogP contribution is 2.38. The van der Waals surface area contributed by atoms with Gasteiger partial charge in [0.2, 0.25) is 11.6 Å². The number of hydrogen-bond donors (Lipinski definition) is 0. The predicted octanol–water partition coefficient (Wildman–Crippen LogP) is 7.09. The van der Waals surface area contributed by atoms with E-state index in [4.69, 9.17) is 8.83 Å². The molecule has 162 valence electrons. The van der Waals surface area contributed by atoms with Crippen LogP contribution in [0.1, 0.15) is 25.1 Å². The van der Waals surface area contributed by atoms with Gasteiger partial charge in [0.1, 0.15) is 17.7 Å². The molecule has 4 heterocycles. The van der Waals surface area contributed by atoms with Crippen molar-refractivity contribution < 1.29 is 13.4 Å². The number of furan rings is 2. The fraction of sp³-hybridized carbons (Fsp3) is 0.138. The first kappa shape index (κ1) is 19.6. The molecule has 0 spiro atoms. The minimum Gasteiger partial charge on any atom is -0.440 e. The molecule has 1 aliphatic heterocycles. The molecule has 0 saturated carbocycles. The molecule has 0 aliphatic carbocycles. The lowest BCUT2D eigenvalue weighted by Gasteiger charge is -2.25. The monoisotopic (exact) mass is 433 g/mol. The average molecular weight is 434 g/mol. The van der Waals surface area contributed by atoms with E-state index in [0.717, 1.165) is 69.0 Å². The van der Waals surface area contributed by atoms with E-state index in [0.29, 0.717) is 0 Å². The molecule has 4 heteroatoms. The van der Waals surface area contributed by atoms with E-state index in [1.807, 2.05) is 24.3 Å². The molecule has 0 unspecified atom stereocenters. The average Bonchev–Trinajstić information content (AvgIpc) is 3.42. The normalized spacial score (nSPS) is 15.0. The third-order valence-electron chi connectivity index (χ3n) is 6.35. The van der Waals surface area contributed by atoms with Gasteiger partial charge < -0.3 is 13.7 Å². The van der Waals surface area contributed by atoms with E-state index in [-0.39, 0.29) is 0 Å². The summed E-state index contributed by atoms with van der Waals surface area (Å²) in [7, 11) is 0. The first-order chi connectivity index (χ1) is 16.3. The minimum atomic E-state index is 0.830. The van der Waals surface area contributed by atoms with Crippen molar-refractivity contribution in [2.24, 2.45) is 0 Å². The second-order valence-electron chi connectivity index (χ2n) is 8.16. The maximum atomic E-state index is 6.20. The number of hydrogen-bond acceptors (Lipinski definition) is 3. The van der Waals surface area contributed by atoms with Gasteiger partial charge in [0.15, 0.2) is 0 Å². The van der Waals surface area contributed by atoms with Gasteiger partial charge in [0, 0.05) is 40.7 Å². The minimum absolute atomic E-state index is 0.830. The van der Waals surface area contributed by atoms with Gasteiger partial charge in [-0.25, -0.2) is 0 Å². The van der Waals surface area contributed by atoms with Gasteiger partial charge in [-0.05, 0) is 50.3 Å². The lowest BCUT2D eigenvalue weighted by molar-refractivity contribution is -0.675. The van der Waals surface area contributed by atoms with E-state index in [2.05, 4.69) is 90.1 Å². The molecule has 0 saturated heterocycles. The Morgan fingerprint density at radius 3 is 2.36 bits per heavy atom. The summed E-state index contributed by atoms with van der Waals surface area (Å²) in [4.78, 5) is 2.22. The predicted molar refractivity (Wildman–Crippen MR) is 135 cm³/mol. The highest BCUT2D eigenvalue weighted by atomic mass is 16.4. The summed E-state index contributed by atoms with van der Waals surface area (Å²) in [6.07, 6.45) is 10.7. The van der Waals surface area contributed by atoms with Crippen LogP contribution in [0, 0.1) is 0 Å². The lowest BCUT2D eigenvalue weighted by atomic mass is 10.1. The first-order valence-electron chi connectivity index (χ1n) is 11.5. The van der Waals surface area contributed by atoms with Crippen molar-refractivity contribution in [3.63, 3.8) is 0 Å². The molecule has 0 radical (unpaired) electrons. The highest BCUT2D eigenvalue weighted by molar-refractivity contribution is 6.02. The van der Waals surface area contributed by atoms with Gasteiger partial charge in [-0.15, -0.1) is 0 Å². The Morgan fingerprint density at radius 2 is 1.58 bits per heavy atom. The van der Waals surface area contributed by atoms with E-state index in [1.54, 1.807) is 0 Å². The molecule has 0 amide bonds. The maximum Gasteiger partial charge on any atom is 0.382 e. The molecule has 0 bridgehead atoms. The number of rotatable bonds is 4. The summed E-state index contributed by atoms with van der Waals surface area (Å²) in [6.45, 7) is 5.95. The number of nitrogens with zero attached hydrogens (tertiary/aromatic N) is 2. The molecule has 5 aromatic rings. The number of likely N-dealkylation sites (N-methyl/N-ethyl adjacent to an activating group) is 1. The molecule has 6 rings (SSSR count). The number of benzene rings is 2. The zero-order chi connectivity index (χ0) is 22.4. The molecule has 4 nitrogen and oxygen atoms in total. The first-order valence-corrected chi connectivity index (χ1v) is 11.5. The van der Waals surface area contributed by atoms with Gasteiger partial charge >= 0.3 is 5.71 Å². The van der Waals surface area contributed by atoms with Crippen LogP contribution in [0.15, 0.2) is 93.4 Å². The Morgan fingerprint density at radius 1 is 0.818 bits per heavy atom. The number of aromatic nitrogens is 1. The fourth-order valence-electron chi connectivity index (χ4n) is 4.77. The van der Waals surface area contributed by atoms with E-state index < -0.39 is 0 Å². The summed E-state index contributed by atoms with van der Waals surface area (Å²) < 4.78 is 14.6. The van der Waals surface area contributed by atoms with Crippen molar-refractivity contribution in [1.29, 1.82) is 0 Å². The maximum absolute atomic E-state index is 6.20. The Balaban J connectivity index is 1.37. The summed E-state index contributed by atoms with van der Waals surface area (Å²) in [6, 6.07) is 20.7. The van der Waals surface area contributed by atoms with Crippen LogP contribution in [-0.2, 0) is 6.54 Å². The van der Waals surface area contributed by atoms with E-state index >= 15 is 0 Å². The Labute approximate surface area is 192 Å².